The Morgan fingerprint density at radius 1 is 0.968 bits per heavy atom. The summed E-state index contributed by atoms with van der Waals surface area (Å²) >= 11 is 0. The number of hydrogen-bond acceptors (Lipinski definition) is 2. The number of quaternary nitrogens is 2. The number of carbonyl (C=O) groups is 2. The van der Waals surface area contributed by atoms with Gasteiger partial charge >= 0.3 is 0 Å². The zero-order valence-corrected chi connectivity index (χ0v) is 19.3. The fraction of sp³-hybridized carbons (Fsp3) is 0.440. The highest BCUT2D eigenvalue weighted by Crippen LogP contribution is 2.17. The first-order valence-corrected chi connectivity index (χ1v) is 11.2. The summed E-state index contributed by atoms with van der Waals surface area (Å²) in [5, 5.41) is 2.98. The number of nitrogens with zero attached hydrogens (tertiary/aromatic N) is 1. The number of carbonyl (C=O) groups excluding carboxylic acids is 2. The predicted octanol–water partition coefficient (Wildman–Crippen LogP) is -0.00764. The summed E-state index contributed by atoms with van der Waals surface area (Å²) in [4.78, 5) is 29.5. The summed E-state index contributed by atoms with van der Waals surface area (Å²) < 4.78 is 0. The van der Waals surface area contributed by atoms with Crippen molar-refractivity contribution in [2.75, 3.05) is 51.6 Å². The Morgan fingerprint density at radius 2 is 1.65 bits per heavy atom. The molecule has 1 saturated heterocycles. The van der Waals surface area contributed by atoms with E-state index in [2.05, 4.69) is 36.5 Å². The van der Waals surface area contributed by atoms with E-state index in [9.17, 15) is 9.59 Å². The average Bonchev–Trinajstić information content (AvgIpc) is 2.73. The third kappa shape index (κ3) is 6.39. The molecule has 1 aliphatic heterocycles. The first-order valence-electron chi connectivity index (χ1n) is 11.2. The second-order valence-electron chi connectivity index (χ2n) is 8.84. The maximum Gasteiger partial charge on any atom is 0.279 e. The monoisotopic (exact) mass is 424 g/mol. The van der Waals surface area contributed by atoms with Crippen molar-refractivity contribution < 1.29 is 19.4 Å². The zero-order valence-electron chi connectivity index (χ0n) is 19.3. The number of benzene rings is 2. The summed E-state index contributed by atoms with van der Waals surface area (Å²) in [5.41, 5.74) is 5.79. The van der Waals surface area contributed by atoms with Crippen molar-refractivity contribution >= 4 is 17.5 Å². The molecule has 3 rings (SSSR count). The number of aryl methyl sites for hydroxylation is 2. The smallest absolute Gasteiger partial charge is 0.279 e. The van der Waals surface area contributed by atoms with Crippen LogP contribution < -0.4 is 15.1 Å². The maximum atomic E-state index is 12.7. The van der Waals surface area contributed by atoms with E-state index in [4.69, 9.17) is 0 Å². The topological polar surface area (TPSA) is 58.3 Å². The Labute approximate surface area is 185 Å². The van der Waals surface area contributed by atoms with E-state index in [0.29, 0.717) is 6.54 Å². The number of hydrogen-bond donors (Lipinski definition) is 3. The van der Waals surface area contributed by atoms with Crippen molar-refractivity contribution in [2.24, 2.45) is 0 Å². The Balaban J connectivity index is 1.42. The van der Waals surface area contributed by atoms with Gasteiger partial charge in [0, 0.05) is 11.3 Å². The lowest BCUT2D eigenvalue weighted by Gasteiger charge is -2.32. The molecule has 0 spiro atoms. The largest absolute Gasteiger partial charge is 0.328 e. The molecule has 2 amide bonds. The fourth-order valence-corrected chi connectivity index (χ4v) is 4.11. The summed E-state index contributed by atoms with van der Waals surface area (Å²) in [7, 11) is 1.90. The van der Waals surface area contributed by atoms with Crippen LogP contribution in [0.15, 0.2) is 42.5 Å². The minimum absolute atomic E-state index is 0.0634. The molecular weight excluding hydrogens is 388 g/mol. The van der Waals surface area contributed by atoms with Crippen LogP contribution in [0.4, 0.5) is 5.69 Å². The first kappa shape index (κ1) is 23.0. The van der Waals surface area contributed by atoms with E-state index in [-0.39, 0.29) is 18.4 Å². The van der Waals surface area contributed by atoms with Crippen LogP contribution in [0.25, 0.3) is 0 Å². The van der Waals surface area contributed by atoms with Crippen LogP contribution in [-0.4, -0.2) is 63.0 Å². The molecule has 0 aliphatic carbocycles. The highest BCUT2D eigenvalue weighted by atomic mass is 16.2. The first-order chi connectivity index (χ1) is 14.8. The molecule has 6 nitrogen and oxygen atoms in total. The van der Waals surface area contributed by atoms with E-state index >= 15 is 0 Å². The lowest BCUT2D eigenvalue weighted by Crippen LogP contribution is -3.14. The molecule has 1 heterocycles. The van der Waals surface area contributed by atoms with Crippen molar-refractivity contribution in [3.63, 3.8) is 0 Å². The average molecular weight is 425 g/mol. The highest BCUT2D eigenvalue weighted by Gasteiger charge is 2.26. The second-order valence-corrected chi connectivity index (χ2v) is 8.84. The number of rotatable bonds is 7. The van der Waals surface area contributed by atoms with E-state index in [1.54, 1.807) is 0 Å². The van der Waals surface area contributed by atoms with Crippen molar-refractivity contribution in [3.05, 3.63) is 64.7 Å². The number of piperazine rings is 1. The van der Waals surface area contributed by atoms with Gasteiger partial charge in [0.2, 0.25) is 0 Å². The molecule has 1 aliphatic rings. The van der Waals surface area contributed by atoms with Crippen LogP contribution in [0.2, 0.25) is 0 Å². The van der Waals surface area contributed by atoms with Gasteiger partial charge in [-0.05, 0) is 43.5 Å². The molecular formula is C25H36N4O2+2. The Hall–Kier alpha value is -2.70. The van der Waals surface area contributed by atoms with Gasteiger partial charge < -0.3 is 20.0 Å². The van der Waals surface area contributed by atoms with Gasteiger partial charge in [0.05, 0.1) is 33.2 Å². The number of nitrogens with one attached hydrogen (secondary N) is 3. The van der Waals surface area contributed by atoms with Crippen LogP contribution >= 0.6 is 0 Å². The van der Waals surface area contributed by atoms with Gasteiger partial charge in [-0.2, -0.15) is 0 Å². The Bertz CT molecular complexity index is 919. The number of likely N-dealkylation sites (N-methyl/N-ethyl adjacent to an activating group) is 1. The minimum Gasteiger partial charge on any atom is -0.328 e. The van der Waals surface area contributed by atoms with Crippen LogP contribution in [-0.2, 0) is 16.1 Å². The standard InChI is InChI=1S/C25H34N4O2/c1-19-9-7-11-23(21(19)3)26-24(30)17-27(4)18-25(31)29-14-12-28(13-15-29)16-22-10-6-5-8-20(22)2/h5-11H,12-18H2,1-4H3,(H,26,30)/p+2. The van der Waals surface area contributed by atoms with Crippen molar-refractivity contribution in [2.45, 2.75) is 27.3 Å². The fourth-order valence-electron chi connectivity index (χ4n) is 4.11. The summed E-state index contributed by atoms with van der Waals surface area (Å²) in [6.45, 7) is 11.3. The predicted molar refractivity (Wildman–Crippen MR) is 123 cm³/mol. The van der Waals surface area contributed by atoms with E-state index in [1.165, 1.54) is 16.0 Å². The molecule has 6 heteroatoms. The molecule has 2 aromatic rings. The van der Waals surface area contributed by atoms with Gasteiger partial charge in [0.25, 0.3) is 11.8 Å². The van der Waals surface area contributed by atoms with Crippen molar-refractivity contribution in [3.8, 4) is 0 Å². The molecule has 166 valence electrons. The maximum absolute atomic E-state index is 12.7. The minimum atomic E-state index is -0.0634. The molecule has 3 N–H and O–H groups in total. The molecule has 0 saturated carbocycles. The van der Waals surface area contributed by atoms with Crippen LogP contribution in [0, 0.1) is 20.8 Å². The number of amides is 2. The summed E-state index contributed by atoms with van der Waals surface area (Å²) in [5.74, 6) is 0.0680. The molecule has 1 unspecified atom stereocenters. The van der Waals surface area contributed by atoms with E-state index in [1.807, 2.05) is 44.0 Å². The van der Waals surface area contributed by atoms with Crippen LogP contribution in [0.1, 0.15) is 22.3 Å². The van der Waals surface area contributed by atoms with E-state index in [0.717, 1.165) is 54.4 Å². The molecule has 0 radical (unpaired) electrons. The van der Waals surface area contributed by atoms with Gasteiger partial charge in [-0.25, -0.2) is 0 Å². The second kappa shape index (κ2) is 10.6. The lowest BCUT2D eigenvalue weighted by atomic mass is 10.1. The third-order valence-corrected chi connectivity index (χ3v) is 6.32. The summed E-state index contributed by atoms with van der Waals surface area (Å²) in [6.07, 6.45) is 0. The quantitative estimate of drug-likeness (QED) is 0.586. The highest BCUT2D eigenvalue weighted by molar-refractivity contribution is 5.92. The van der Waals surface area contributed by atoms with Crippen LogP contribution in [0.3, 0.4) is 0 Å². The molecule has 2 aromatic carbocycles. The van der Waals surface area contributed by atoms with Crippen molar-refractivity contribution in [1.82, 2.24) is 4.90 Å². The normalized spacial score (nSPS) is 15.5. The van der Waals surface area contributed by atoms with Gasteiger partial charge in [-0.1, -0.05) is 36.4 Å². The van der Waals surface area contributed by atoms with Gasteiger partial charge in [-0.15, -0.1) is 0 Å². The molecule has 0 aromatic heterocycles. The van der Waals surface area contributed by atoms with Gasteiger partial charge in [-0.3, -0.25) is 9.59 Å². The SMILES string of the molecule is Cc1ccccc1C[NH+]1CCN(C(=O)C[NH+](C)CC(=O)Nc2cccc(C)c2C)CC1. The van der Waals surface area contributed by atoms with Gasteiger partial charge in [0.1, 0.15) is 6.54 Å². The van der Waals surface area contributed by atoms with Crippen LogP contribution in [0.5, 0.6) is 0 Å². The molecule has 0 bridgehead atoms. The zero-order chi connectivity index (χ0) is 22.4. The molecule has 1 fully saturated rings. The van der Waals surface area contributed by atoms with E-state index < -0.39 is 0 Å². The molecule has 31 heavy (non-hydrogen) atoms. The summed E-state index contributed by atoms with van der Waals surface area (Å²) in [6, 6.07) is 14.4. The third-order valence-electron chi connectivity index (χ3n) is 6.32. The van der Waals surface area contributed by atoms with Gasteiger partial charge in [0.15, 0.2) is 13.1 Å². The molecule has 1 atom stereocenters. The number of anilines is 1. The lowest BCUT2D eigenvalue weighted by molar-refractivity contribution is -0.917. The Kier molecular flexibility index (Phi) is 7.82. The Morgan fingerprint density at radius 3 is 2.35 bits per heavy atom. The van der Waals surface area contributed by atoms with Crippen molar-refractivity contribution in [1.29, 1.82) is 0 Å².